The second-order valence-corrected chi connectivity index (χ2v) is 9.14. The highest BCUT2D eigenvalue weighted by molar-refractivity contribution is 6.11. The minimum absolute atomic E-state index is 0.0697. The Morgan fingerprint density at radius 3 is 2.15 bits per heavy atom. The first kappa shape index (κ1) is 27.2. The third-order valence-electron chi connectivity index (χ3n) is 6.15. The van der Waals surface area contributed by atoms with Gasteiger partial charge in [-0.2, -0.15) is 0 Å². The summed E-state index contributed by atoms with van der Waals surface area (Å²) >= 11 is 0. The van der Waals surface area contributed by atoms with E-state index in [1.54, 1.807) is 77.5 Å². The highest BCUT2D eigenvalue weighted by Crippen LogP contribution is 2.32. The molecule has 4 rings (SSSR count). The van der Waals surface area contributed by atoms with Gasteiger partial charge in [0.15, 0.2) is 0 Å². The van der Waals surface area contributed by atoms with Gasteiger partial charge in [0, 0.05) is 36.0 Å². The number of carbonyl (C=O) groups excluding carboxylic acids is 2. The third kappa shape index (κ3) is 6.52. The number of para-hydroxylation sites is 1. The molecule has 4 aromatic rings. The normalized spacial score (nSPS) is 10.8. The summed E-state index contributed by atoms with van der Waals surface area (Å²) in [6, 6.07) is 21.3. The quantitative estimate of drug-likeness (QED) is 0.281. The van der Waals surface area contributed by atoms with Gasteiger partial charge in [0.1, 0.15) is 17.2 Å². The highest BCUT2D eigenvalue weighted by Gasteiger charge is 2.16. The van der Waals surface area contributed by atoms with Crippen LogP contribution in [0.2, 0.25) is 0 Å². The van der Waals surface area contributed by atoms with Gasteiger partial charge in [0.25, 0.3) is 17.4 Å². The number of carbonyl (C=O) groups is 2. The molecule has 1 heterocycles. The molecular weight excluding hydrogens is 496 g/mol. The van der Waals surface area contributed by atoms with Crippen molar-refractivity contribution >= 4 is 23.2 Å². The number of hydrogen-bond acceptors (Lipinski definition) is 6. The van der Waals surface area contributed by atoms with E-state index >= 15 is 0 Å². The van der Waals surface area contributed by atoms with Crippen LogP contribution in [-0.4, -0.2) is 54.1 Å². The van der Waals surface area contributed by atoms with Gasteiger partial charge in [-0.3, -0.25) is 14.4 Å². The van der Waals surface area contributed by atoms with E-state index < -0.39 is 11.8 Å². The number of nitrogens with one attached hydrogen (secondary N) is 2. The molecule has 0 spiro atoms. The van der Waals surface area contributed by atoms with Gasteiger partial charge in [-0.25, -0.2) is 0 Å². The maximum atomic E-state index is 13.0. The molecule has 0 unspecified atom stereocenters. The van der Waals surface area contributed by atoms with Crippen molar-refractivity contribution in [3.8, 4) is 22.6 Å². The molecule has 0 radical (unpaired) electrons. The lowest BCUT2D eigenvalue weighted by Gasteiger charge is -2.14. The van der Waals surface area contributed by atoms with Crippen molar-refractivity contribution in [2.24, 2.45) is 0 Å². The van der Waals surface area contributed by atoms with Gasteiger partial charge in [-0.05, 0) is 80.3 Å². The Kier molecular flexibility index (Phi) is 8.43. The summed E-state index contributed by atoms with van der Waals surface area (Å²) < 4.78 is 6.78. The lowest BCUT2D eigenvalue weighted by Crippen LogP contribution is -2.26. The molecular formula is C30H30N4O5. The van der Waals surface area contributed by atoms with Crippen molar-refractivity contribution in [1.29, 1.82) is 0 Å². The molecule has 0 fully saturated rings. The summed E-state index contributed by atoms with van der Waals surface area (Å²) in [6.07, 6.45) is 1.76. The van der Waals surface area contributed by atoms with E-state index in [0.717, 1.165) is 6.54 Å². The number of hydrogen-bond donors (Lipinski definition) is 3. The van der Waals surface area contributed by atoms with E-state index in [2.05, 4.69) is 10.6 Å². The van der Waals surface area contributed by atoms with Gasteiger partial charge in [0.2, 0.25) is 0 Å². The smallest absolute Gasteiger partial charge is 0.258 e. The Bertz CT molecular complexity index is 1530. The second-order valence-electron chi connectivity index (χ2n) is 9.14. The Hall–Kier alpha value is -4.89. The fraction of sp³-hybridized carbons (Fsp3) is 0.167. The Labute approximate surface area is 226 Å². The number of nitrogens with zero attached hydrogens (tertiary/aromatic N) is 2. The van der Waals surface area contributed by atoms with E-state index in [-0.39, 0.29) is 22.7 Å². The fourth-order valence-electron chi connectivity index (χ4n) is 3.94. The SMILES string of the molecule is COc1ccc(C(=O)Nc2cccc(O)c2NC(=O)c2ccc(-c3cccn(CCN(C)C)c3=O)cc2)cc1. The van der Waals surface area contributed by atoms with Crippen molar-refractivity contribution in [2.75, 3.05) is 38.4 Å². The van der Waals surface area contributed by atoms with Gasteiger partial charge in [-0.15, -0.1) is 0 Å². The lowest BCUT2D eigenvalue weighted by molar-refractivity contribution is 0.101. The Morgan fingerprint density at radius 2 is 1.51 bits per heavy atom. The molecule has 0 saturated carbocycles. The van der Waals surface area contributed by atoms with Crippen LogP contribution in [-0.2, 0) is 6.54 Å². The van der Waals surface area contributed by atoms with E-state index in [1.165, 1.54) is 13.2 Å². The first-order chi connectivity index (χ1) is 18.8. The predicted molar refractivity (Wildman–Crippen MR) is 152 cm³/mol. The zero-order chi connectivity index (χ0) is 27.9. The standard InChI is InChI=1S/C30H30N4O5/c1-33(2)18-19-34-17-5-6-24(30(34)38)20-9-11-21(12-10-20)29(37)32-27-25(7-4-8-26(27)35)31-28(36)22-13-15-23(39-3)16-14-22/h4-17,35H,18-19H2,1-3H3,(H,31,36)(H,32,37). The average molecular weight is 527 g/mol. The van der Waals surface area contributed by atoms with Crippen molar-refractivity contribution < 1.29 is 19.4 Å². The van der Waals surface area contributed by atoms with Crippen LogP contribution in [0.1, 0.15) is 20.7 Å². The number of phenolic OH excluding ortho intramolecular Hbond substituents is 1. The van der Waals surface area contributed by atoms with E-state index in [9.17, 15) is 19.5 Å². The summed E-state index contributed by atoms with van der Waals surface area (Å²) in [5.41, 5.74) is 2.12. The zero-order valence-corrected chi connectivity index (χ0v) is 22.0. The number of methoxy groups -OCH3 is 1. The molecule has 0 bridgehead atoms. The Morgan fingerprint density at radius 1 is 0.872 bits per heavy atom. The molecule has 9 heteroatoms. The molecule has 9 nitrogen and oxygen atoms in total. The molecule has 0 saturated heterocycles. The van der Waals surface area contributed by atoms with Gasteiger partial charge in [-0.1, -0.05) is 18.2 Å². The number of aromatic hydroxyl groups is 1. The molecule has 0 atom stereocenters. The number of likely N-dealkylation sites (N-methyl/N-ethyl adjacent to an activating group) is 1. The molecule has 0 aliphatic carbocycles. The fourth-order valence-corrected chi connectivity index (χ4v) is 3.94. The van der Waals surface area contributed by atoms with E-state index in [4.69, 9.17) is 4.74 Å². The molecule has 200 valence electrons. The van der Waals surface area contributed by atoms with Crippen molar-refractivity contribution in [3.63, 3.8) is 0 Å². The van der Waals surface area contributed by atoms with Crippen LogP contribution in [0.25, 0.3) is 11.1 Å². The van der Waals surface area contributed by atoms with Gasteiger partial charge < -0.3 is 29.9 Å². The topological polar surface area (TPSA) is 113 Å². The molecule has 0 aliphatic heterocycles. The monoisotopic (exact) mass is 526 g/mol. The van der Waals surface area contributed by atoms with Crippen LogP contribution in [0.15, 0.2) is 89.9 Å². The molecule has 2 amide bonds. The zero-order valence-electron chi connectivity index (χ0n) is 22.0. The first-order valence-electron chi connectivity index (χ1n) is 12.3. The minimum Gasteiger partial charge on any atom is -0.506 e. The number of anilines is 2. The van der Waals surface area contributed by atoms with Crippen LogP contribution in [0, 0.1) is 0 Å². The van der Waals surface area contributed by atoms with Crippen LogP contribution in [0.5, 0.6) is 11.5 Å². The average Bonchev–Trinajstić information content (AvgIpc) is 2.94. The summed E-state index contributed by atoms with van der Waals surface area (Å²) in [7, 11) is 5.44. The predicted octanol–water partition coefficient (Wildman–Crippen LogP) is 4.30. The van der Waals surface area contributed by atoms with Gasteiger partial charge in [0.05, 0.1) is 12.8 Å². The van der Waals surface area contributed by atoms with Crippen molar-refractivity contribution in [3.05, 3.63) is 107 Å². The lowest BCUT2D eigenvalue weighted by atomic mass is 10.0. The molecule has 3 aromatic carbocycles. The number of rotatable bonds is 9. The third-order valence-corrected chi connectivity index (χ3v) is 6.15. The van der Waals surface area contributed by atoms with Crippen molar-refractivity contribution in [2.45, 2.75) is 6.54 Å². The first-order valence-corrected chi connectivity index (χ1v) is 12.3. The number of pyridine rings is 1. The maximum Gasteiger partial charge on any atom is 0.258 e. The summed E-state index contributed by atoms with van der Waals surface area (Å²) in [6.45, 7) is 1.30. The van der Waals surface area contributed by atoms with E-state index in [1.807, 2.05) is 25.1 Å². The van der Waals surface area contributed by atoms with Gasteiger partial charge >= 0.3 is 0 Å². The largest absolute Gasteiger partial charge is 0.506 e. The Balaban J connectivity index is 1.51. The molecule has 3 N–H and O–H groups in total. The van der Waals surface area contributed by atoms with Crippen LogP contribution < -0.4 is 20.9 Å². The van der Waals surface area contributed by atoms with E-state index in [0.29, 0.717) is 34.5 Å². The van der Waals surface area contributed by atoms with Crippen LogP contribution in [0.3, 0.4) is 0 Å². The van der Waals surface area contributed by atoms with Crippen molar-refractivity contribution in [1.82, 2.24) is 9.47 Å². The molecule has 39 heavy (non-hydrogen) atoms. The summed E-state index contributed by atoms with van der Waals surface area (Å²) in [5, 5.41) is 15.9. The number of aromatic nitrogens is 1. The second kappa shape index (κ2) is 12.1. The number of ether oxygens (including phenoxy) is 1. The highest BCUT2D eigenvalue weighted by atomic mass is 16.5. The number of amides is 2. The number of benzene rings is 3. The maximum absolute atomic E-state index is 13.0. The van der Waals surface area contributed by atoms with Crippen LogP contribution in [0.4, 0.5) is 11.4 Å². The number of phenols is 1. The van der Waals surface area contributed by atoms with Crippen LogP contribution >= 0.6 is 0 Å². The summed E-state index contributed by atoms with van der Waals surface area (Å²) in [5.74, 6) is -0.484. The minimum atomic E-state index is -0.487. The summed E-state index contributed by atoms with van der Waals surface area (Å²) in [4.78, 5) is 40.7. The molecule has 1 aromatic heterocycles. The molecule has 0 aliphatic rings.